The van der Waals surface area contributed by atoms with Crippen LogP contribution in [0.2, 0.25) is 5.02 Å². The Bertz CT molecular complexity index is 488. The molecule has 1 fully saturated rings. The quantitative estimate of drug-likeness (QED) is 0.784. The monoisotopic (exact) mass is 311 g/mol. The number of hydrogen-bond acceptors (Lipinski definition) is 4. The molecule has 1 heterocycles. The summed E-state index contributed by atoms with van der Waals surface area (Å²) >= 11 is 6.38. The topological polar surface area (TPSA) is 38.8 Å². The fraction of sp³-hybridized carbons (Fsp3) is 0.562. The molecule has 1 aliphatic rings. The lowest BCUT2D eigenvalue weighted by Gasteiger charge is -2.43. The molecule has 1 aromatic carbocycles. The van der Waals surface area contributed by atoms with E-state index >= 15 is 0 Å². The van der Waals surface area contributed by atoms with Gasteiger partial charge in [-0.2, -0.15) is 0 Å². The molecule has 0 radical (unpaired) electrons. The summed E-state index contributed by atoms with van der Waals surface area (Å²) < 4.78 is 10.6. The van der Waals surface area contributed by atoms with Crippen LogP contribution < -0.4 is 0 Å². The number of carbonyl (C=O) groups excluding carboxylic acids is 1. The van der Waals surface area contributed by atoms with E-state index in [4.69, 9.17) is 21.1 Å². The van der Waals surface area contributed by atoms with Crippen LogP contribution in [0, 0.1) is 0 Å². The van der Waals surface area contributed by atoms with Crippen LogP contribution in [0.15, 0.2) is 24.3 Å². The molecule has 0 aromatic heterocycles. The van der Waals surface area contributed by atoms with E-state index in [0.29, 0.717) is 24.8 Å². The number of nitrogens with zero attached hydrogens (tertiary/aromatic N) is 1. The predicted molar refractivity (Wildman–Crippen MR) is 82.4 cm³/mol. The van der Waals surface area contributed by atoms with E-state index in [1.807, 2.05) is 31.2 Å². The molecule has 0 saturated carbocycles. The maximum atomic E-state index is 12.1. The highest BCUT2D eigenvalue weighted by Crippen LogP contribution is 2.37. The maximum Gasteiger partial charge on any atom is 0.308 e. The summed E-state index contributed by atoms with van der Waals surface area (Å²) in [7, 11) is 0. The van der Waals surface area contributed by atoms with Crippen LogP contribution in [0.5, 0.6) is 0 Å². The van der Waals surface area contributed by atoms with E-state index in [0.717, 1.165) is 18.7 Å². The van der Waals surface area contributed by atoms with Crippen LogP contribution in [-0.2, 0) is 19.8 Å². The number of ether oxygens (including phenoxy) is 2. The van der Waals surface area contributed by atoms with Gasteiger partial charge < -0.3 is 9.47 Å². The summed E-state index contributed by atoms with van der Waals surface area (Å²) in [6.07, 6.45) is 0.282. The van der Waals surface area contributed by atoms with Crippen LogP contribution in [0.3, 0.4) is 0 Å². The summed E-state index contributed by atoms with van der Waals surface area (Å²) in [6.45, 7) is 7.16. The SMILES string of the molecule is CCOC(=O)CC(C)(c1ccccc1Cl)N1CCOCC1. The average Bonchev–Trinajstić information content (AvgIpc) is 2.48. The number of rotatable bonds is 5. The van der Waals surface area contributed by atoms with E-state index in [-0.39, 0.29) is 12.4 Å². The van der Waals surface area contributed by atoms with Crippen molar-refractivity contribution in [1.29, 1.82) is 0 Å². The second-order valence-electron chi connectivity index (χ2n) is 5.33. The first kappa shape index (κ1) is 16.3. The Morgan fingerprint density at radius 1 is 1.38 bits per heavy atom. The Balaban J connectivity index is 2.33. The van der Waals surface area contributed by atoms with E-state index < -0.39 is 5.54 Å². The minimum absolute atomic E-state index is 0.202. The van der Waals surface area contributed by atoms with E-state index in [1.54, 1.807) is 0 Å². The third kappa shape index (κ3) is 3.76. The molecule has 1 atom stereocenters. The third-order valence-corrected chi connectivity index (χ3v) is 4.29. The van der Waals surface area contributed by atoms with Crippen molar-refractivity contribution < 1.29 is 14.3 Å². The molecule has 1 saturated heterocycles. The fourth-order valence-electron chi connectivity index (χ4n) is 2.83. The van der Waals surface area contributed by atoms with Gasteiger partial charge >= 0.3 is 5.97 Å². The lowest BCUT2D eigenvalue weighted by atomic mass is 9.86. The first-order valence-electron chi connectivity index (χ1n) is 7.31. The Hall–Kier alpha value is -1.10. The van der Waals surface area contributed by atoms with E-state index in [2.05, 4.69) is 11.8 Å². The molecule has 1 aliphatic heterocycles. The molecule has 4 nitrogen and oxygen atoms in total. The third-order valence-electron chi connectivity index (χ3n) is 3.96. The van der Waals surface area contributed by atoms with Crippen LogP contribution >= 0.6 is 11.6 Å². The maximum absolute atomic E-state index is 12.1. The molecule has 0 bridgehead atoms. The lowest BCUT2D eigenvalue weighted by Crippen LogP contribution is -2.51. The van der Waals surface area contributed by atoms with Crippen molar-refractivity contribution >= 4 is 17.6 Å². The highest BCUT2D eigenvalue weighted by atomic mass is 35.5. The standard InChI is InChI=1S/C16H22ClNO3/c1-3-21-15(19)12-16(2,18-8-10-20-11-9-18)13-6-4-5-7-14(13)17/h4-7H,3,8-12H2,1-2H3. The van der Waals surface area contributed by atoms with Gasteiger partial charge in [-0.05, 0) is 25.5 Å². The molecular formula is C16H22ClNO3. The normalized spacial score (nSPS) is 19.0. The molecule has 1 aromatic rings. The van der Waals surface area contributed by atoms with Crippen LogP contribution in [-0.4, -0.2) is 43.8 Å². The molecule has 0 N–H and O–H groups in total. The number of hydrogen-bond donors (Lipinski definition) is 0. The van der Waals surface area contributed by atoms with E-state index in [1.165, 1.54) is 0 Å². The number of halogens is 1. The molecule has 116 valence electrons. The molecule has 0 spiro atoms. The smallest absolute Gasteiger partial charge is 0.308 e. The van der Waals surface area contributed by atoms with Gasteiger partial charge in [-0.15, -0.1) is 0 Å². The second-order valence-corrected chi connectivity index (χ2v) is 5.74. The Morgan fingerprint density at radius 3 is 2.67 bits per heavy atom. The van der Waals surface area contributed by atoms with Gasteiger partial charge in [-0.3, -0.25) is 9.69 Å². The van der Waals surface area contributed by atoms with Gasteiger partial charge in [0.25, 0.3) is 0 Å². The first-order chi connectivity index (χ1) is 10.1. The van der Waals surface area contributed by atoms with Gasteiger partial charge in [-0.1, -0.05) is 29.8 Å². The fourth-order valence-corrected chi connectivity index (χ4v) is 3.16. The second kappa shape index (κ2) is 7.25. The van der Waals surface area contributed by atoms with Gasteiger partial charge in [0.2, 0.25) is 0 Å². The summed E-state index contributed by atoms with van der Waals surface area (Å²) in [5, 5.41) is 0.677. The zero-order valence-corrected chi connectivity index (χ0v) is 13.4. The molecule has 21 heavy (non-hydrogen) atoms. The summed E-state index contributed by atoms with van der Waals surface area (Å²) in [6, 6.07) is 7.69. The summed E-state index contributed by atoms with van der Waals surface area (Å²) in [5.41, 5.74) is 0.482. The molecule has 5 heteroatoms. The molecule has 0 aliphatic carbocycles. The Labute approximate surface area is 131 Å². The Kier molecular flexibility index (Phi) is 5.62. The van der Waals surface area contributed by atoms with Crippen molar-refractivity contribution in [2.24, 2.45) is 0 Å². The molecule has 1 unspecified atom stereocenters. The van der Waals surface area contributed by atoms with Crippen molar-refractivity contribution in [2.45, 2.75) is 25.8 Å². The highest BCUT2D eigenvalue weighted by molar-refractivity contribution is 6.31. The summed E-state index contributed by atoms with van der Waals surface area (Å²) in [4.78, 5) is 14.3. The minimum atomic E-state index is -0.478. The van der Waals surface area contributed by atoms with Gasteiger partial charge in [0, 0.05) is 18.1 Å². The molecular weight excluding hydrogens is 290 g/mol. The van der Waals surface area contributed by atoms with Gasteiger partial charge in [0.15, 0.2) is 0 Å². The van der Waals surface area contributed by atoms with Crippen LogP contribution in [0.4, 0.5) is 0 Å². The van der Waals surface area contributed by atoms with Crippen molar-refractivity contribution in [3.05, 3.63) is 34.9 Å². The van der Waals surface area contributed by atoms with Crippen molar-refractivity contribution in [1.82, 2.24) is 4.90 Å². The zero-order chi connectivity index (χ0) is 15.3. The van der Waals surface area contributed by atoms with Crippen LogP contribution in [0.1, 0.15) is 25.8 Å². The molecule has 0 amide bonds. The number of morpholine rings is 1. The zero-order valence-electron chi connectivity index (χ0n) is 12.6. The summed E-state index contributed by atoms with van der Waals surface area (Å²) in [5.74, 6) is -0.202. The van der Waals surface area contributed by atoms with Gasteiger partial charge in [0.1, 0.15) is 0 Å². The van der Waals surface area contributed by atoms with Crippen molar-refractivity contribution in [3.63, 3.8) is 0 Å². The molecule has 2 rings (SSSR count). The van der Waals surface area contributed by atoms with Gasteiger partial charge in [0.05, 0.1) is 31.8 Å². The van der Waals surface area contributed by atoms with Crippen molar-refractivity contribution in [2.75, 3.05) is 32.9 Å². The largest absolute Gasteiger partial charge is 0.466 e. The highest BCUT2D eigenvalue weighted by Gasteiger charge is 2.38. The van der Waals surface area contributed by atoms with Gasteiger partial charge in [-0.25, -0.2) is 0 Å². The van der Waals surface area contributed by atoms with Crippen LogP contribution in [0.25, 0.3) is 0 Å². The average molecular weight is 312 g/mol. The number of carbonyl (C=O) groups is 1. The minimum Gasteiger partial charge on any atom is -0.466 e. The van der Waals surface area contributed by atoms with Crippen molar-refractivity contribution in [3.8, 4) is 0 Å². The number of esters is 1. The Morgan fingerprint density at radius 2 is 2.05 bits per heavy atom. The first-order valence-corrected chi connectivity index (χ1v) is 7.69. The predicted octanol–water partition coefficient (Wildman–Crippen LogP) is 2.84. The number of benzene rings is 1. The lowest BCUT2D eigenvalue weighted by molar-refractivity contribution is -0.147. The van der Waals surface area contributed by atoms with E-state index in [9.17, 15) is 4.79 Å².